The van der Waals surface area contributed by atoms with Crippen molar-refractivity contribution in [3.05, 3.63) is 34.9 Å². The molecule has 1 aromatic carbocycles. The Kier molecular flexibility index (Phi) is 3.85. The minimum atomic E-state index is -4.24. The van der Waals surface area contributed by atoms with Gasteiger partial charge in [0, 0.05) is 0 Å². The molecule has 6 heteroatoms. The molecule has 0 aromatic heterocycles. The third-order valence-electron chi connectivity index (χ3n) is 2.04. The Morgan fingerprint density at radius 3 is 2.44 bits per heavy atom. The molecular weight excluding hydrogens is 226 g/mol. The van der Waals surface area contributed by atoms with Gasteiger partial charge in [-0.15, -0.1) is 4.94 Å². The smallest absolute Gasteiger partial charge is 0.246 e. The first kappa shape index (κ1) is 12.5. The van der Waals surface area contributed by atoms with Crippen LogP contribution < -0.4 is 0 Å². The average Bonchev–Trinajstić information content (AvgIpc) is 2.29. The Balaban J connectivity index is 3.36. The van der Waals surface area contributed by atoms with Crippen LogP contribution in [0.3, 0.4) is 0 Å². The highest BCUT2D eigenvalue weighted by atomic mass is 19.4. The Bertz CT molecular complexity index is 414. The Hall–Kier alpha value is -1.61. The molecule has 1 aromatic rings. The lowest BCUT2D eigenvalue weighted by Gasteiger charge is -2.17. The molecule has 0 heterocycles. The van der Waals surface area contributed by atoms with Crippen LogP contribution in [0.25, 0.3) is 0 Å². The fourth-order valence-electron chi connectivity index (χ4n) is 1.41. The van der Waals surface area contributed by atoms with Gasteiger partial charge in [0.1, 0.15) is 6.67 Å². The van der Waals surface area contributed by atoms with Crippen LogP contribution in [0.4, 0.5) is 17.7 Å². The van der Waals surface area contributed by atoms with Crippen molar-refractivity contribution in [2.24, 2.45) is 0 Å². The Morgan fingerprint density at radius 1 is 1.31 bits per heavy atom. The topological polar surface area (TPSA) is 33.0 Å². The zero-order valence-electron chi connectivity index (χ0n) is 8.01. The van der Waals surface area contributed by atoms with Crippen LogP contribution >= 0.6 is 0 Å². The summed E-state index contributed by atoms with van der Waals surface area (Å²) in [7, 11) is 0. The molecule has 0 saturated heterocycles. The maximum atomic E-state index is 13.0. The summed E-state index contributed by atoms with van der Waals surface area (Å²) < 4.78 is 50.3. The lowest BCUT2D eigenvalue weighted by Crippen LogP contribution is -2.19. The molecule has 16 heavy (non-hydrogen) atoms. The Labute approximate surface area is 89.0 Å². The van der Waals surface area contributed by atoms with E-state index in [1.807, 2.05) is 0 Å². The molecule has 0 radical (unpaired) electrons. The molecule has 0 unspecified atom stereocenters. The first-order valence-electron chi connectivity index (χ1n) is 4.28. The Morgan fingerprint density at radius 2 is 1.94 bits per heavy atom. The van der Waals surface area contributed by atoms with Gasteiger partial charge in [-0.2, -0.15) is 14.0 Å². The summed E-state index contributed by atoms with van der Waals surface area (Å²) in [6, 6.07) is 5.24. The number of halogens is 4. The molecule has 0 spiro atoms. The molecule has 0 aliphatic carbocycles. The van der Waals surface area contributed by atoms with E-state index < -0.39 is 23.9 Å². The largest absolute Gasteiger partial charge is 0.413 e. The van der Waals surface area contributed by atoms with Crippen LogP contribution in [-0.2, 0) is 24.1 Å². The van der Waals surface area contributed by atoms with E-state index in [4.69, 9.17) is 5.26 Å². The molecule has 0 saturated carbocycles. The van der Waals surface area contributed by atoms with Crippen LogP contribution in [-0.4, -0.2) is 0 Å². The number of nitriles is 1. The van der Waals surface area contributed by atoms with Crippen molar-refractivity contribution in [2.75, 3.05) is 0 Å². The third kappa shape index (κ3) is 2.31. The molecule has 0 amide bonds. The van der Waals surface area contributed by atoms with Crippen molar-refractivity contribution >= 4 is 0 Å². The first-order valence-corrected chi connectivity index (χ1v) is 4.28. The number of benzene rings is 1. The molecule has 0 bridgehead atoms. The lowest BCUT2D eigenvalue weighted by molar-refractivity contribution is -0.364. The van der Waals surface area contributed by atoms with Gasteiger partial charge in [-0.3, -0.25) is 0 Å². The monoisotopic (exact) mass is 233 g/mol. The van der Waals surface area contributed by atoms with Gasteiger partial charge in [0.2, 0.25) is 0 Å². The van der Waals surface area contributed by atoms with Gasteiger partial charge in [-0.1, -0.05) is 18.2 Å². The van der Waals surface area contributed by atoms with Gasteiger partial charge < -0.3 is 0 Å². The zero-order chi connectivity index (χ0) is 12.2. The van der Waals surface area contributed by atoms with E-state index in [1.54, 1.807) is 6.07 Å². The van der Waals surface area contributed by atoms with Crippen LogP contribution in [0.1, 0.15) is 16.7 Å². The maximum absolute atomic E-state index is 13.0. The standard InChI is InChI=1S/C10H7F4NO/c11-6-8-3-1-2-7(4-5-15)9(8)10(12,13)16-14/h1-3H,4,6H2. The van der Waals surface area contributed by atoms with Crippen molar-refractivity contribution in [3.8, 4) is 6.07 Å². The molecule has 0 aliphatic heterocycles. The van der Waals surface area contributed by atoms with Crippen molar-refractivity contribution in [3.63, 3.8) is 0 Å². The third-order valence-corrected chi connectivity index (χ3v) is 2.04. The van der Waals surface area contributed by atoms with Gasteiger partial charge in [0.15, 0.2) is 0 Å². The van der Waals surface area contributed by atoms with Gasteiger partial charge in [0.05, 0.1) is 18.1 Å². The fraction of sp³-hybridized carbons (Fsp3) is 0.300. The van der Waals surface area contributed by atoms with Gasteiger partial charge in [-0.25, -0.2) is 4.39 Å². The minimum Gasteiger partial charge on any atom is -0.246 e. The predicted molar refractivity (Wildman–Crippen MR) is 46.7 cm³/mol. The molecule has 1 rings (SSSR count). The summed E-state index contributed by atoms with van der Waals surface area (Å²) in [6.45, 7) is -1.19. The summed E-state index contributed by atoms with van der Waals surface area (Å²) in [5.41, 5.74) is -1.46. The predicted octanol–water partition coefficient (Wildman–Crippen LogP) is 3.17. The van der Waals surface area contributed by atoms with E-state index >= 15 is 0 Å². The minimum absolute atomic E-state index is 0.152. The van der Waals surface area contributed by atoms with Crippen molar-refractivity contribution in [1.82, 2.24) is 0 Å². The molecule has 0 aliphatic rings. The van der Waals surface area contributed by atoms with Gasteiger partial charge in [0.25, 0.3) is 0 Å². The van der Waals surface area contributed by atoms with E-state index in [9.17, 15) is 17.7 Å². The van der Waals surface area contributed by atoms with Crippen LogP contribution in [0.2, 0.25) is 0 Å². The van der Waals surface area contributed by atoms with E-state index in [0.717, 1.165) is 6.07 Å². The molecule has 0 atom stereocenters. The molecule has 0 fully saturated rings. The second-order valence-electron chi connectivity index (χ2n) is 3.01. The summed E-state index contributed by atoms with van der Waals surface area (Å²) in [5, 5.41) is 8.42. The number of nitrogens with zero attached hydrogens (tertiary/aromatic N) is 1. The normalized spacial score (nSPS) is 11.2. The van der Waals surface area contributed by atoms with E-state index in [1.165, 1.54) is 12.1 Å². The zero-order valence-corrected chi connectivity index (χ0v) is 8.01. The average molecular weight is 233 g/mol. The highest BCUT2D eigenvalue weighted by molar-refractivity contribution is 5.38. The molecule has 2 nitrogen and oxygen atoms in total. The maximum Gasteiger partial charge on any atom is 0.413 e. The van der Waals surface area contributed by atoms with E-state index in [0.29, 0.717) is 0 Å². The number of hydrogen-bond acceptors (Lipinski definition) is 2. The fourth-order valence-corrected chi connectivity index (χ4v) is 1.41. The molecule has 0 N–H and O–H groups in total. The molecular formula is C10H7F4NO. The highest BCUT2D eigenvalue weighted by Crippen LogP contribution is 2.35. The van der Waals surface area contributed by atoms with Crippen LogP contribution in [0.15, 0.2) is 18.2 Å². The summed E-state index contributed by atoms with van der Waals surface area (Å²) in [6.07, 6.45) is -4.61. The summed E-state index contributed by atoms with van der Waals surface area (Å²) >= 11 is 0. The van der Waals surface area contributed by atoms with Crippen LogP contribution in [0.5, 0.6) is 0 Å². The number of hydrogen-bond donors (Lipinski definition) is 0. The SMILES string of the molecule is N#CCc1cccc(CF)c1C(F)(F)OF. The highest BCUT2D eigenvalue weighted by Gasteiger charge is 2.39. The lowest BCUT2D eigenvalue weighted by atomic mass is 9.99. The van der Waals surface area contributed by atoms with Crippen molar-refractivity contribution in [1.29, 1.82) is 5.26 Å². The number of rotatable bonds is 4. The first-order chi connectivity index (χ1) is 7.56. The second-order valence-corrected chi connectivity index (χ2v) is 3.01. The van der Waals surface area contributed by atoms with Gasteiger partial charge in [-0.05, 0) is 15.7 Å². The second kappa shape index (κ2) is 4.94. The number of alkyl halides is 3. The summed E-state index contributed by atoms with van der Waals surface area (Å²) in [5.74, 6) is 0. The van der Waals surface area contributed by atoms with Crippen molar-refractivity contribution in [2.45, 2.75) is 19.2 Å². The van der Waals surface area contributed by atoms with Crippen LogP contribution in [0, 0.1) is 11.3 Å². The van der Waals surface area contributed by atoms with Gasteiger partial charge >= 0.3 is 6.11 Å². The summed E-state index contributed by atoms with van der Waals surface area (Å²) in [4.78, 5) is 2.54. The van der Waals surface area contributed by atoms with E-state index in [-0.39, 0.29) is 12.0 Å². The molecule has 86 valence electrons. The van der Waals surface area contributed by atoms with E-state index in [2.05, 4.69) is 4.94 Å². The van der Waals surface area contributed by atoms with Crippen molar-refractivity contribution < 1.29 is 22.6 Å². The quantitative estimate of drug-likeness (QED) is 0.748.